The number of aliphatic carboxylic acids is 1. The molecule has 0 aliphatic rings. The quantitative estimate of drug-likeness (QED) is 0.456. The second kappa shape index (κ2) is 6.99. The highest BCUT2D eigenvalue weighted by molar-refractivity contribution is 6.08. The molecule has 0 aliphatic carbocycles. The van der Waals surface area contributed by atoms with Gasteiger partial charge in [0, 0.05) is 6.42 Å². The minimum absolute atomic E-state index is 0.113. The second-order valence-corrected chi connectivity index (χ2v) is 4.26. The fourth-order valence-corrected chi connectivity index (χ4v) is 1.54. The van der Waals surface area contributed by atoms with Gasteiger partial charge in [0.15, 0.2) is 0 Å². The van der Waals surface area contributed by atoms with Gasteiger partial charge < -0.3 is 15.9 Å². The molecule has 0 heterocycles. The minimum atomic E-state index is -4.45. The van der Waals surface area contributed by atoms with E-state index >= 15 is 0 Å². The summed E-state index contributed by atoms with van der Waals surface area (Å²) >= 11 is 0. The number of rotatable bonds is 8. The van der Waals surface area contributed by atoms with Crippen LogP contribution in [0, 0.1) is 0 Å². The highest BCUT2D eigenvalue weighted by atomic mass is 19.4. The van der Waals surface area contributed by atoms with E-state index in [9.17, 15) is 23.1 Å². The van der Waals surface area contributed by atoms with Gasteiger partial charge in [0.05, 0.1) is 14.0 Å². The zero-order valence-corrected chi connectivity index (χ0v) is 9.91. The molecule has 0 rings (SSSR count). The van der Waals surface area contributed by atoms with Crippen LogP contribution in [0.5, 0.6) is 0 Å². The van der Waals surface area contributed by atoms with E-state index in [1.807, 2.05) is 0 Å². The topological polar surface area (TPSA) is 83.6 Å². The Balaban J connectivity index is 4.51. The van der Waals surface area contributed by atoms with Gasteiger partial charge in [-0.05, 0) is 12.8 Å². The van der Waals surface area contributed by atoms with Crippen LogP contribution in [-0.4, -0.2) is 41.8 Å². The third kappa shape index (κ3) is 5.73. The van der Waals surface area contributed by atoms with Gasteiger partial charge in [-0.25, -0.2) is 0 Å². The number of alkyl halides is 3. The molecule has 2 unspecified atom stereocenters. The van der Waals surface area contributed by atoms with Crippen molar-refractivity contribution in [2.45, 2.75) is 56.2 Å². The fraction of sp³-hybridized carbons (Fsp3) is 0.900. The zero-order valence-electron chi connectivity index (χ0n) is 9.91. The van der Waals surface area contributed by atoms with E-state index in [4.69, 9.17) is 18.7 Å². The van der Waals surface area contributed by atoms with Gasteiger partial charge in [0.2, 0.25) is 0 Å². The normalized spacial score (nSPS) is 17.2. The monoisotopic (exact) mass is 267 g/mol. The molecule has 0 fully saturated rings. The van der Waals surface area contributed by atoms with Crippen molar-refractivity contribution in [3.05, 3.63) is 0 Å². The molecule has 0 amide bonds. The summed E-state index contributed by atoms with van der Waals surface area (Å²) in [6.07, 6.45) is -7.13. The van der Waals surface area contributed by atoms with Crippen molar-refractivity contribution in [3.63, 3.8) is 0 Å². The molecule has 0 aliphatic heterocycles. The van der Waals surface area contributed by atoms with Gasteiger partial charge in [-0.15, -0.1) is 0 Å². The van der Waals surface area contributed by atoms with E-state index in [1.165, 1.54) is 0 Å². The van der Waals surface area contributed by atoms with Crippen molar-refractivity contribution in [2.75, 3.05) is 0 Å². The Labute approximate surface area is 105 Å². The van der Waals surface area contributed by atoms with Crippen LogP contribution in [0.15, 0.2) is 0 Å². The van der Waals surface area contributed by atoms with Crippen LogP contribution < -0.4 is 5.73 Å². The number of carbonyl (C=O) groups is 1. The molecule has 0 spiro atoms. The lowest BCUT2D eigenvalue weighted by Gasteiger charge is -2.30. The van der Waals surface area contributed by atoms with Crippen LogP contribution in [0.1, 0.15) is 32.1 Å². The molecule has 18 heavy (non-hydrogen) atoms. The first-order chi connectivity index (χ1) is 8.13. The summed E-state index contributed by atoms with van der Waals surface area (Å²) in [5.41, 5.74) is 3.44. The van der Waals surface area contributed by atoms with Crippen molar-refractivity contribution in [2.24, 2.45) is 5.73 Å². The molecule has 0 bridgehead atoms. The molecule has 2 radical (unpaired) electrons. The summed E-state index contributed by atoms with van der Waals surface area (Å²) < 4.78 is 36.0. The average molecular weight is 267 g/mol. The maximum absolute atomic E-state index is 12.0. The van der Waals surface area contributed by atoms with Crippen molar-refractivity contribution in [3.8, 4) is 0 Å². The smallest absolute Gasteiger partial charge is 0.389 e. The van der Waals surface area contributed by atoms with Crippen LogP contribution in [0.2, 0.25) is 6.32 Å². The largest absolute Gasteiger partial charge is 0.480 e. The minimum Gasteiger partial charge on any atom is -0.480 e. The van der Waals surface area contributed by atoms with Crippen LogP contribution in [0.25, 0.3) is 0 Å². The summed E-state index contributed by atoms with van der Waals surface area (Å²) in [6.45, 7) is 0. The maximum atomic E-state index is 12.0. The first-order valence-electron chi connectivity index (χ1n) is 5.60. The number of carboxylic acids is 1. The molecule has 104 valence electrons. The number of aliphatic hydroxyl groups excluding tert-OH is 1. The number of hydrogen-bond acceptors (Lipinski definition) is 3. The Morgan fingerprint density at radius 3 is 2.22 bits per heavy atom. The average Bonchev–Trinajstić information content (AvgIpc) is 2.24. The molecule has 8 heteroatoms. The summed E-state index contributed by atoms with van der Waals surface area (Å²) in [6, 6.07) is 0. The van der Waals surface area contributed by atoms with Gasteiger partial charge in [-0.2, -0.15) is 13.2 Å². The van der Waals surface area contributed by atoms with Crippen LogP contribution in [0.4, 0.5) is 13.2 Å². The molecule has 0 aromatic carbocycles. The van der Waals surface area contributed by atoms with E-state index in [-0.39, 0.29) is 6.42 Å². The number of carboxylic acid groups (broad SMARTS) is 1. The van der Waals surface area contributed by atoms with E-state index in [0.29, 0.717) is 19.2 Å². The van der Waals surface area contributed by atoms with Gasteiger partial charge in [-0.1, -0.05) is 19.2 Å². The third-order valence-electron chi connectivity index (χ3n) is 2.74. The van der Waals surface area contributed by atoms with Crippen molar-refractivity contribution >= 4 is 13.8 Å². The lowest BCUT2D eigenvalue weighted by molar-refractivity contribution is -0.155. The van der Waals surface area contributed by atoms with Crippen molar-refractivity contribution in [1.82, 2.24) is 0 Å². The molecule has 0 saturated heterocycles. The molecular weight excluding hydrogens is 250 g/mol. The lowest BCUT2D eigenvalue weighted by Crippen LogP contribution is -2.57. The van der Waals surface area contributed by atoms with Crippen molar-refractivity contribution < 1.29 is 28.2 Å². The van der Waals surface area contributed by atoms with Crippen LogP contribution >= 0.6 is 0 Å². The Morgan fingerprint density at radius 2 is 1.83 bits per heavy atom. The van der Waals surface area contributed by atoms with Gasteiger partial charge in [0.1, 0.15) is 5.54 Å². The van der Waals surface area contributed by atoms with E-state index < -0.39 is 36.6 Å². The number of unbranched alkanes of at least 4 members (excludes halogenated alkanes) is 1. The predicted octanol–water partition coefficient (Wildman–Crippen LogP) is 1.23. The highest BCUT2D eigenvalue weighted by Crippen LogP contribution is 2.27. The number of aliphatic hydroxyl groups is 1. The van der Waals surface area contributed by atoms with E-state index in [2.05, 4.69) is 0 Å². The highest BCUT2D eigenvalue weighted by Gasteiger charge is 2.42. The van der Waals surface area contributed by atoms with Gasteiger partial charge in [-0.3, -0.25) is 4.79 Å². The fourth-order valence-electron chi connectivity index (χ4n) is 1.54. The summed E-state index contributed by atoms with van der Waals surface area (Å²) in [7, 11) is 5.23. The first kappa shape index (κ1) is 17.2. The number of nitrogens with two attached hydrogens (primary N) is 1. The third-order valence-corrected chi connectivity index (χ3v) is 2.74. The molecule has 4 nitrogen and oxygen atoms in total. The molecule has 0 aromatic rings. The van der Waals surface area contributed by atoms with Gasteiger partial charge in [0.25, 0.3) is 0 Å². The molecule has 0 saturated carbocycles. The van der Waals surface area contributed by atoms with Crippen LogP contribution in [-0.2, 0) is 4.79 Å². The summed E-state index contributed by atoms with van der Waals surface area (Å²) in [5, 5.41) is 18.5. The Morgan fingerprint density at radius 1 is 1.28 bits per heavy atom. The van der Waals surface area contributed by atoms with E-state index in [0.717, 1.165) is 0 Å². The van der Waals surface area contributed by atoms with Gasteiger partial charge >= 0.3 is 12.1 Å². The lowest BCUT2D eigenvalue weighted by atomic mass is 9.84. The molecule has 0 aromatic heterocycles. The second-order valence-electron chi connectivity index (χ2n) is 4.26. The predicted molar refractivity (Wildman–Crippen MR) is 60.3 cm³/mol. The van der Waals surface area contributed by atoms with E-state index in [1.54, 1.807) is 0 Å². The summed E-state index contributed by atoms with van der Waals surface area (Å²) in [5.74, 6) is -1.51. The Kier molecular flexibility index (Phi) is 6.69. The SMILES string of the molecule is [B]CCCCC(N)(C(=O)O)C(O)CCC(F)(F)F. The number of halogens is 3. The summed E-state index contributed by atoms with van der Waals surface area (Å²) in [4.78, 5) is 11.0. The maximum Gasteiger partial charge on any atom is 0.389 e. The number of hydrogen-bond donors (Lipinski definition) is 3. The molecule has 4 N–H and O–H groups in total. The Hall–Kier alpha value is -0.755. The first-order valence-corrected chi connectivity index (χ1v) is 5.60. The Bertz CT molecular complexity index is 276. The zero-order chi connectivity index (χ0) is 14.4. The van der Waals surface area contributed by atoms with Crippen molar-refractivity contribution in [1.29, 1.82) is 0 Å². The standard InChI is InChI=1S/C10H17BF3NO3/c11-6-2-1-4-9(15,8(17)18)7(16)3-5-10(12,13)14/h7,16H,1-6,15H2,(H,17,18). The molecular formula is C10H17BF3NO3. The van der Waals surface area contributed by atoms with Crippen LogP contribution in [0.3, 0.4) is 0 Å². The molecule has 2 atom stereocenters.